The maximum Gasteiger partial charge on any atom is 0.328 e. The summed E-state index contributed by atoms with van der Waals surface area (Å²) in [4.78, 5) is 18.4. The minimum absolute atomic E-state index is 0.0371. The summed E-state index contributed by atoms with van der Waals surface area (Å²) in [6.45, 7) is 0. The second kappa shape index (κ2) is 8.27. The highest BCUT2D eigenvalue weighted by Crippen LogP contribution is 2.42. The minimum atomic E-state index is -1.38. The van der Waals surface area contributed by atoms with Gasteiger partial charge in [0.05, 0.1) is 5.39 Å². The first kappa shape index (κ1) is 20.3. The summed E-state index contributed by atoms with van der Waals surface area (Å²) in [6, 6.07) is 4.79. The molecule has 3 aromatic rings. The van der Waals surface area contributed by atoms with E-state index >= 15 is 0 Å². The van der Waals surface area contributed by atoms with Gasteiger partial charge in [-0.15, -0.1) is 5.10 Å². The average molecular weight is 433 g/mol. The molecular weight excluding hydrogens is 424 g/mol. The van der Waals surface area contributed by atoms with E-state index in [-0.39, 0.29) is 44.0 Å². The number of hydrogen-bond acceptors (Lipinski definition) is 5. The van der Waals surface area contributed by atoms with Crippen molar-refractivity contribution >= 4 is 34.5 Å². The van der Waals surface area contributed by atoms with E-state index in [0.29, 0.717) is 6.08 Å². The molecule has 0 bridgehead atoms. The van der Waals surface area contributed by atoms with Gasteiger partial charge in [0.2, 0.25) is 11.5 Å². The predicted octanol–water partition coefficient (Wildman–Crippen LogP) is 4.36. The van der Waals surface area contributed by atoms with Gasteiger partial charge in [-0.05, 0) is 29.8 Å². The van der Waals surface area contributed by atoms with E-state index in [1.165, 1.54) is 12.1 Å². The van der Waals surface area contributed by atoms with E-state index in [4.69, 9.17) is 16.7 Å². The first-order valence-corrected chi connectivity index (χ1v) is 8.07. The van der Waals surface area contributed by atoms with Gasteiger partial charge in [-0.1, -0.05) is 22.5 Å². The Labute approximate surface area is 163 Å². The maximum absolute atomic E-state index is 14.1. The second-order valence-corrected chi connectivity index (χ2v) is 6.09. The van der Waals surface area contributed by atoms with Crippen molar-refractivity contribution in [2.45, 2.75) is 6.42 Å². The van der Waals surface area contributed by atoms with E-state index in [2.05, 4.69) is 20.0 Å². The van der Waals surface area contributed by atoms with Crippen LogP contribution in [0.25, 0.3) is 17.0 Å². The van der Waals surface area contributed by atoms with Crippen LogP contribution in [-0.4, -0.2) is 21.0 Å². The third-order valence-electron chi connectivity index (χ3n) is 3.95. The van der Waals surface area contributed by atoms with Crippen molar-refractivity contribution in [2.75, 3.05) is 0 Å². The van der Waals surface area contributed by atoms with Crippen LogP contribution in [0.15, 0.2) is 30.3 Å². The standard InChI is InChI=1S/C17H9ClF4N2O5/c18-10-2-1-8(11(19)7-10)5-9-6-13-15(17(28-21)16(9)27-20)12(3-4-14(25)26)23-24(13)29-22/h1-4,6-7H,5H2,(H,25,26)/b4-3+. The van der Waals surface area contributed by atoms with E-state index in [1.54, 1.807) is 0 Å². The van der Waals surface area contributed by atoms with Crippen molar-refractivity contribution in [1.82, 2.24) is 9.94 Å². The number of aliphatic carboxylic acids is 1. The Balaban J connectivity index is 2.25. The normalized spacial score (nSPS) is 11.2. The molecule has 0 aliphatic carbocycles. The number of carboxylic acids is 1. The van der Waals surface area contributed by atoms with Crippen LogP contribution >= 0.6 is 11.6 Å². The van der Waals surface area contributed by atoms with Crippen LogP contribution in [-0.2, 0) is 11.2 Å². The smallest absolute Gasteiger partial charge is 0.328 e. The quantitative estimate of drug-likeness (QED) is 0.441. The molecule has 3 rings (SSSR count). The SMILES string of the molecule is O=C(O)/C=C/c1nn(OF)c2cc(Cc3ccc(Cl)cc3F)c(OF)c(OF)c12. The number of fused-ring (bicyclic) bond motifs is 1. The van der Waals surface area contributed by atoms with Gasteiger partial charge in [-0.2, -0.15) is 5.04 Å². The molecule has 0 aliphatic rings. The second-order valence-electron chi connectivity index (χ2n) is 5.65. The van der Waals surface area contributed by atoms with Crippen LogP contribution in [0.4, 0.5) is 18.0 Å². The molecule has 0 amide bonds. The summed E-state index contributed by atoms with van der Waals surface area (Å²) in [6.07, 6.45) is 1.18. The van der Waals surface area contributed by atoms with Crippen LogP contribution < -0.4 is 14.9 Å². The fourth-order valence-electron chi connectivity index (χ4n) is 2.76. The Morgan fingerprint density at radius 1 is 1.17 bits per heavy atom. The van der Waals surface area contributed by atoms with Gasteiger partial charge >= 0.3 is 5.97 Å². The Morgan fingerprint density at radius 2 is 1.90 bits per heavy atom. The van der Waals surface area contributed by atoms with E-state index in [0.717, 1.165) is 18.2 Å². The van der Waals surface area contributed by atoms with Crippen molar-refractivity contribution in [3.05, 3.63) is 58.0 Å². The third kappa shape index (κ3) is 3.90. The van der Waals surface area contributed by atoms with E-state index in [1.807, 2.05) is 0 Å². The Morgan fingerprint density at radius 3 is 2.48 bits per heavy atom. The molecule has 0 saturated carbocycles. The number of rotatable bonds is 7. The molecule has 0 radical (unpaired) electrons. The zero-order chi connectivity index (χ0) is 21.1. The summed E-state index contributed by atoms with van der Waals surface area (Å²) in [5.41, 5.74) is -0.707. The zero-order valence-electron chi connectivity index (χ0n) is 14.0. The number of nitrogens with zero attached hydrogens (tertiary/aromatic N) is 2. The minimum Gasteiger partial charge on any atom is -0.478 e. The first-order valence-electron chi connectivity index (χ1n) is 7.69. The molecule has 0 aliphatic heterocycles. The van der Waals surface area contributed by atoms with Crippen molar-refractivity contribution in [3.63, 3.8) is 0 Å². The van der Waals surface area contributed by atoms with Crippen LogP contribution in [0.5, 0.6) is 11.5 Å². The summed E-state index contributed by atoms with van der Waals surface area (Å²) in [7, 11) is 0. The fraction of sp³-hybridized carbons (Fsp3) is 0.0588. The molecule has 0 fully saturated rings. The third-order valence-corrected chi connectivity index (χ3v) is 4.19. The van der Waals surface area contributed by atoms with Crippen molar-refractivity contribution in [2.24, 2.45) is 0 Å². The van der Waals surface area contributed by atoms with Gasteiger partial charge in [-0.25, -0.2) is 9.18 Å². The molecule has 152 valence electrons. The molecule has 0 atom stereocenters. The van der Waals surface area contributed by atoms with Crippen molar-refractivity contribution in [1.29, 1.82) is 0 Å². The molecular formula is C17H9ClF4N2O5. The number of hydrogen-bond donors (Lipinski definition) is 1. The van der Waals surface area contributed by atoms with E-state index in [9.17, 15) is 22.8 Å². The first-order chi connectivity index (χ1) is 13.9. The molecule has 2 aromatic carbocycles. The van der Waals surface area contributed by atoms with Gasteiger partial charge < -0.3 is 5.11 Å². The lowest BCUT2D eigenvalue weighted by atomic mass is 10.0. The molecule has 1 heterocycles. The lowest BCUT2D eigenvalue weighted by molar-refractivity contribution is -0.146. The molecule has 0 saturated heterocycles. The summed E-state index contributed by atoms with van der Waals surface area (Å²) in [5.74, 6) is -3.76. The Hall–Kier alpha value is -3.47. The summed E-state index contributed by atoms with van der Waals surface area (Å²) < 4.78 is 53.6. The monoisotopic (exact) mass is 432 g/mol. The molecule has 1 N–H and O–H groups in total. The Kier molecular flexibility index (Phi) is 5.78. The molecule has 7 nitrogen and oxygen atoms in total. The molecule has 0 spiro atoms. The summed E-state index contributed by atoms with van der Waals surface area (Å²) >= 11 is 5.69. The fourth-order valence-corrected chi connectivity index (χ4v) is 2.92. The lowest BCUT2D eigenvalue weighted by Gasteiger charge is -2.10. The molecule has 1 aromatic heterocycles. The van der Waals surface area contributed by atoms with Gasteiger partial charge in [0.15, 0.2) is 0 Å². The highest BCUT2D eigenvalue weighted by atomic mass is 35.5. The predicted molar refractivity (Wildman–Crippen MR) is 91.8 cm³/mol. The number of halogens is 5. The van der Waals surface area contributed by atoms with Crippen LogP contribution in [0.3, 0.4) is 0 Å². The van der Waals surface area contributed by atoms with Gasteiger partial charge in [-0.3, -0.25) is 9.88 Å². The zero-order valence-corrected chi connectivity index (χ0v) is 14.8. The van der Waals surface area contributed by atoms with Gasteiger partial charge in [0.1, 0.15) is 17.0 Å². The van der Waals surface area contributed by atoms with Crippen LogP contribution in [0, 0.1) is 5.82 Å². The van der Waals surface area contributed by atoms with Crippen molar-refractivity contribution in [3.8, 4) is 11.5 Å². The number of carbonyl (C=O) groups is 1. The average Bonchev–Trinajstić information content (AvgIpc) is 3.04. The lowest BCUT2D eigenvalue weighted by Crippen LogP contribution is -2.04. The molecule has 0 unspecified atom stereocenters. The number of benzene rings is 2. The van der Waals surface area contributed by atoms with Gasteiger partial charge in [0, 0.05) is 36.7 Å². The molecule has 12 heteroatoms. The number of aromatic nitrogens is 2. The van der Waals surface area contributed by atoms with E-state index < -0.39 is 23.3 Å². The largest absolute Gasteiger partial charge is 0.478 e. The molecule has 29 heavy (non-hydrogen) atoms. The Bertz CT molecular complexity index is 1120. The van der Waals surface area contributed by atoms with Crippen molar-refractivity contribution < 1.29 is 42.8 Å². The van der Waals surface area contributed by atoms with Crippen LogP contribution in [0.2, 0.25) is 5.02 Å². The maximum atomic E-state index is 14.1. The highest BCUT2D eigenvalue weighted by Gasteiger charge is 2.26. The summed E-state index contributed by atoms with van der Waals surface area (Å²) in [5, 5.41) is 15.6. The number of carboxylic acid groups (broad SMARTS) is 1. The van der Waals surface area contributed by atoms with Gasteiger partial charge in [0.25, 0.3) is 0 Å². The highest BCUT2D eigenvalue weighted by molar-refractivity contribution is 6.30. The van der Waals surface area contributed by atoms with Crippen LogP contribution in [0.1, 0.15) is 16.8 Å². The topological polar surface area (TPSA) is 82.8 Å².